The summed E-state index contributed by atoms with van der Waals surface area (Å²) in [5.74, 6) is -1.21. The van der Waals surface area contributed by atoms with Gasteiger partial charge in [0.1, 0.15) is 24.4 Å². The van der Waals surface area contributed by atoms with Gasteiger partial charge in [-0.2, -0.15) is 0 Å². The molecule has 1 rings (SSSR count). The average molecular weight is 1190 g/mol. The van der Waals surface area contributed by atoms with Crippen LogP contribution in [0, 0.1) is 0 Å². The predicted octanol–water partition coefficient (Wildman–Crippen LogP) is 17.8. The molecule has 1 saturated heterocycles. The molecule has 1 heterocycles. The number of hydrogen-bond donors (Lipinski definition) is 6. The van der Waals surface area contributed by atoms with Crippen molar-refractivity contribution in [2.45, 2.75) is 346 Å². The van der Waals surface area contributed by atoms with Crippen LogP contribution >= 0.6 is 0 Å². The summed E-state index contributed by atoms with van der Waals surface area (Å²) in [6, 6.07) is -1.04. The molecule has 1 aliphatic rings. The number of rotatable bonds is 59. The lowest BCUT2D eigenvalue weighted by Crippen LogP contribution is -2.61. The molecule has 0 aromatic heterocycles. The molecule has 0 aromatic rings. The van der Waals surface area contributed by atoms with E-state index in [4.69, 9.17) is 14.2 Å². The summed E-state index contributed by atoms with van der Waals surface area (Å²) in [7, 11) is 0. The highest BCUT2D eigenvalue weighted by molar-refractivity contribution is 5.80. The van der Waals surface area contributed by atoms with Crippen LogP contribution in [0.15, 0.2) is 97.2 Å². The highest BCUT2D eigenvalue weighted by Gasteiger charge is 2.47. The maximum absolute atomic E-state index is 13.5. The summed E-state index contributed by atoms with van der Waals surface area (Å²) in [5.41, 5.74) is 0. The van der Waals surface area contributed by atoms with Crippen LogP contribution in [-0.4, -0.2) is 99.6 Å². The van der Waals surface area contributed by atoms with Gasteiger partial charge in [-0.15, -0.1) is 0 Å². The fourth-order valence-corrected chi connectivity index (χ4v) is 10.5. The molecule has 0 saturated carbocycles. The van der Waals surface area contributed by atoms with E-state index in [0.29, 0.717) is 12.8 Å². The van der Waals surface area contributed by atoms with Crippen LogP contribution < -0.4 is 5.32 Å². The van der Waals surface area contributed by atoms with Gasteiger partial charge in [-0.3, -0.25) is 9.59 Å². The lowest BCUT2D eigenvalue weighted by molar-refractivity contribution is -0.305. The molecular weight excluding hydrogens is 1060 g/mol. The number of ether oxygens (including phenoxy) is 3. The molecule has 85 heavy (non-hydrogen) atoms. The highest BCUT2D eigenvalue weighted by atomic mass is 16.7. The molecule has 8 unspecified atom stereocenters. The largest absolute Gasteiger partial charge is 0.454 e. The summed E-state index contributed by atoms with van der Waals surface area (Å²) in [6.07, 6.45) is 71.6. The smallest absolute Gasteiger partial charge is 0.306 e. The maximum atomic E-state index is 13.5. The average Bonchev–Trinajstić information content (AvgIpc) is 3.69. The molecule has 8 atom stereocenters. The van der Waals surface area contributed by atoms with Gasteiger partial charge in [-0.25, -0.2) is 0 Å². The van der Waals surface area contributed by atoms with Gasteiger partial charge in [-0.1, -0.05) is 285 Å². The van der Waals surface area contributed by atoms with Crippen LogP contribution in [0.3, 0.4) is 0 Å². The van der Waals surface area contributed by atoms with Gasteiger partial charge >= 0.3 is 5.97 Å². The normalized spacial score (nSPS) is 19.0. The second-order valence-corrected chi connectivity index (χ2v) is 23.9. The molecule has 1 fully saturated rings. The number of aliphatic hydroxyl groups is 5. The summed E-state index contributed by atoms with van der Waals surface area (Å²) >= 11 is 0. The molecule has 1 aliphatic heterocycles. The van der Waals surface area contributed by atoms with Crippen LogP contribution in [0.5, 0.6) is 0 Å². The van der Waals surface area contributed by atoms with E-state index in [9.17, 15) is 35.1 Å². The number of allylic oxidation sites excluding steroid dienone is 15. The minimum absolute atomic E-state index is 0.118. The Morgan fingerprint density at radius 2 is 0.847 bits per heavy atom. The van der Waals surface area contributed by atoms with Crippen molar-refractivity contribution in [3.63, 3.8) is 0 Å². The van der Waals surface area contributed by atoms with Gasteiger partial charge in [0.15, 0.2) is 12.4 Å². The molecule has 0 spiro atoms. The van der Waals surface area contributed by atoms with E-state index in [-0.39, 0.29) is 19.4 Å². The number of carbonyl (C=O) groups excluding carboxylic acids is 2. The van der Waals surface area contributed by atoms with Crippen molar-refractivity contribution in [2.24, 2.45) is 0 Å². The van der Waals surface area contributed by atoms with Crippen molar-refractivity contribution in [3.05, 3.63) is 97.2 Å². The molecule has 0 radical (unpaired) electrons. The van der Waals surface area contributed by atoms with Crippen molar-refractivity contribution in [3.8, 4) is 0 Å². The zero-order valence-electron chi connectivity index (χ0n) is 54.5. The molecule has 0 aliphatic carbocycles. The zero-order valence-corrected chi connectivity index (χ0v) is 54.5. The molecule has 0 bridgehead atoms. The van der Waals surface area contributed by atoms with E-state index in [0.717, 1.165) is 116 Å². The molecule has 11 nitrogen and oxygen atoms in total. The Bertz CT molecular complexity index is 1750. The number of esters is 1. The fraction of sp³-hybridized carbons (Fsp3) is 0.757. The van der Waals surface area contributed by atoms with Crippen LogP contribution in [0.4, 0.5) is 0 Å². The van der Waals surface area contributed by atoms with Gasteiger partial charge in [0, 0.05) is 6.42 Å². The molecular formula is C74H129NO10. The van der Waals surface area contributed by atoms with Crippen LogP contribution in [0.2, 0.25) is 0 Å². The molecule has 6 N–H and O–H groups in total. The van der Waals surface area contributed by atoms with Crippen LogP contribution in [0.1, 0.15) is 297 Å². The second kappa shape index (κ2) is 60.8. The molecule has 490 valence electrons. The third kappa shape index (κ3) is 48.2. The van der Waals surface area contributed by atoms with Gasteiger partial charge in [-0.05, 0) is 103 Å². The Labute approximate surface area is 520 Å². The van der Waals surface area contributed by atoms with E-state index in [2.05, 4.69) is 111 Å². The number of unbranched alkanes of at least 4 members (excludes halogenated alkanes) is 31. The van der Waals surface area contributed by atoms with Crippen LogP contribution in [0.25, 0.3) is 0 Å². The number of hydrogen-bond acceptors (Lipinski definition) is 10. The first kappa shape index (κ1) is 79.6. The lowest BCUT2D eigenvalue weighted by atomic mass is 9.99. The number of carbonyl (C=O) groups is 2. The Kier molecular flexibility index (Phi) is 57.0. The SMILES string of the molecule is CC/C=C\C/C=C\C/C=C\C/C=C\C/C=C\C/C=C\CCCCCCCC(O)C(=O)NC(COC1OC(CO)C(O)C(O)C1OC(=O)CCCCCCCCCCCCC/C=C/CCCCCCCC)C(O)/C=C/CCCCCCCCCCC. The second-order valence-electron chi connectivity index (χ2n) is 23.9. The summed E-state index contributed by atoms with van der Waals surface area (Å²) < 4.78 is 17.7. The summed E-state index contributed by atoms with van der Waals surface area (Å²) in [4.78, 5) is 26.7. The first-order valence-corrected chi connectivity index (χ1v) is 35.0. The molecule has 11 heteroatoms. The third-order valence-corrected chi connectivity index (χ3v) is 16.0. The van der Waals surface area contributed by atoms with Crippen molar-refractivity contribution in [1.82, 2.24) is 5.32 Å². The summed E-state index contributed by atoms with van der Waals surface area (Å²) in [6.45, 7) is 5.68. The van der Waals surface area contributed by atoms with E-state index < -0.39 is 67.4 Å². The Balaban J connectivity index is 2.59. The first-order valence-electron chi connectivity index (χ1n) is 35.0. The Hall–Kier alpha value is -3.42. The van der Waals surface area contributed by atoms with Crippen molar-refractivity contribution in [2.75, 3.05) is 13.2 Å². The van der Waals surface area contributed by atoms with Gasteiger partial charge < -0.3 is 45.1 Å². The maximum Gasteiger partial charge on any atom is 0.306 e. The number of nitrogens with one attached hydrogen (secondary N) is 1. The fourth-order valence-electron chi connectivity index (χ4n) is 10.5. The first-order chi connectivity index (χ1) is 41.7. The van der Waals surface area contributed by atoms with E-state index in [1.165, 1.54) is 135 Å². The summed E-state index contributed by atoms with van der Waals surface area (Å²) in [5, 5.41) is 57.2. The monoisotopic (exact) mass is 1190 g/mol. The quantitative estimate of drug-likeness (QED) is 0.0195. The van der Waals surface area contributed by atoms with Crippen LogP contribution in [-0.2, 0) is 23.8 Å². The van der Waals surface area contributed by atoms with E-state index in [1.54, 1.807) is 6.08 Å². The Morgan fingerprint density at radius 3 is 1.28 bits per heavy atom. The van der Waals surface area contributed by atoms with Gasteiger partial charge in [0.05, 0.1) is 25.4 Å². The van der Waals surface area contributed by atoms with Crippen molar-refractivity contribution >= 4 is 11.9 Å². The molecule has 0 aromatic carbocycles. The lowest BCUT2D eigenvalue weighted by Gasteiger charge is -2.41. The third-order valence-electron chi connectivity index (χ3n) is 16.0. The number of amides is 1. The zero-order chi connectivity index (χ0) is 61.7. The molecule has 1 amide bonds. The van der Waals surface area contributed by atoms with Gasteiger partial charge in [0.25, 0.3) is 0 Å². The van der Waals surface area contributed by atoms with E-state index in [1.807, 2.05) is 6.08 Å². The van der Waals surface area contributed by atoms with Crippen molar-refractivity contribution in [1.29, 1.82) is 0 Å². The minimum Gasteiger partial charge on any atom is -0.454 e. The van der Waals surface area contributed by atoms with Gasteiger partial charge in [0.2, 0.25) is 5.91 Å². The highest BCUT2D eigenvalue weighted by Crippen LogP contribution is 2.26. The topological polar surface area (TPSA) is 175 Å². The minimum atomic E-state index is -1.62. The standard InChI is InChI=1S/C74H129NO10/c1-4-7-10-13-16-19-22-24-26-28-30-32-33-34-36-37-39-41-43-46-49-52-55-58-61-67(78)73(82)75-65(66(77)60-57-54-51-48-45-21-18-15-12-9-6-3)64-83-74-72(71(81)70(80)68(63-76)84-74)85-69(79)62-59-56-53-50-47-44-42-40-38-35-31-29-27-25-23-20-17-14-11-8-5-2/h7,10,16,19,24-27,30,32,34,36,39,41,57,60,65-68,70-72,74,76-78,80-81H,4-6,8-9,11-15,17-18,20-23,28-29,31,33,35,37-38,40,42-56,58-59,61-64H2,1-3H3,(H,75,82)/b10-7-,19-16-,26-24-,27-25+,32-30-,36-34-,41-39-,60-57+. The number of aliphatic hydroxyl groups excluding tert-OH is 5. The van der Waals surface area contributed by atoms with E-state index >= 15 is 0 Å². The predicted molar refractivity (Wildman–Crippen MR) is 356 cm³/mol. The Morgan fingerprint density at radius 1 is 0.471 bits per heavy atom. The van der Waals surface area contributed by atoms with Crippen molar-refractivity contribution < 1.29 is 49.3 Å².